The fourth-order valence-electron chi connectivity index (χ4n) is 4.64. The first-order valence-corrected chi connectivity index (χ1v) is 14.4. The van der Waals surface area contributed by atoms with Crippen molar-refractivity contribution in [3.05, 3.63) is 95.0 Å². The van der Waals surface area contributed by atoms with Crippen LogP contribution in [0, 0.1) is 0 Å². The van der Waals surface area contributed by atoms with Crippen molar-refractivity contribution in [1.82, 2.24) is 20.9 Å². The second-order valence-electron chi connectivity index (χ2n) is 10.2. The minimum Gasteiger partial charge on any atom is -0.492 e. The van der Waals surface area contributed by atoms with Crippen LogP contribution in [-0.2, 0) is 20.8 Å². The summed E-state index contributed by atoms with van der Waals surface area (Å²) in [6, 6.07) is 20.6. The summed E-state index contributed by atoms with van der Waals surface area (Å²) in [7, 11) is 1.66. The van der Waals surface area contributed by atoms with E-state index < -0.39 is 29.8 Å². The first kappa shape index (κ1) is 31.4. The maximum atomic E-state index is 13.4. The molecule has 0 spiro atoms. The first-order chi connectivity index (χ1) is 20.7. The van der Waals surface area contributed by atoms with E-state index in [0.29, 0.717) is 22.9 Å². The zero-order valence-electron chi connectivity index (χ0n) is 24.0. The van der Waals surface area contributed by atoms with Crippen molar-refractivity contribution in [3.8, 4) is 11.5 Å². The topological polar surface area (TPSA) is 126 Å². The van der Waals surface area contributed by atoms with Gasteiger partial charge in [0.15, 0.2) is 0 Å². The van der Waals surface area contributed by atoms with Crippen LogP contribution in [0.1, 0.15) is 29.3 Å². The van der Waals surface area contributed by atoms with Gasteiger partial charge in [-0.25, -0.2) is 0 Å². The number of hydrogen-bond acceptors (Lipinski definition) is 6. The van der Waals surface area contributed by atoms with Crippen molar-refractivity contribution >= 4 is 35.2 Å². The number of fused-ring (bicyclic) bond motifs is 1. The SMILES string of the molecule is C[C@@H]1NC(=O)C[C@@H](C(=O)NCCOc2ccc(Cl)cc2)NC(=O)c2ccccc2OC[C@H](Cc2ccccc2)N(C)C1=O. The molecule has 3 aromatic carbocycles. The van der Waals surface area contributed by atoms with Crippen LogP contribution >= 0.6 is 11.6 Å². The number of hydrogen-bond donors (Lipinski definition) is 3. The summed E-state index contributed by atoms with van der Waals surface area (Å²) in [5.74, 6) is -1.15. The molecule has 0 saturated carbocycles. The molecule has 0 bridgehead atoms. The molecule has 1 aliphatic rings. The lowest BCUT2D eigenvalue weighted by Crippen LogP contribution is -2.54. The number of amides is 4. The van der Waals surface area contributed by atoms with Crippen molar-refractivity contribution in [2.24, 2.45) is 0 Å². The van der Waals surface area contributed by atoms with E-state index in [4.69, 9.17) is 21.1 Å². The van der Waals surface area contributed by atoms with Crippen molar-refractivity contribution in [2.45, 2.75) is 37.9 Å². The van der Waals surface area contributed by atoms with Gasteiger partial charge in [-0.1, -0.05) is 54.1 Å². The number of likely N-dealkylation sites (N-methyl/N-ethyl adjacent to an activating group) is 1. The summed E-state index contributed by atoms with van der Waals surface area (Å²) >= 11 is 5.89. The van der Waals surface area contributed by atoms with Crippen LogP contribution in [0.5, 0.6) is 11.5 Å². The third-order valence-electron chi connectivity index (χ3n) is 7.02. The number of ether oxygens (including phenoxy) is 2. The summed E-state index contributed by atoms with van der Waals surface area (Å²) < 4.78 is 11.7. The second kappa shape index (κ2) is 15.1. The molecule has 0 saturated heterocycles. The van der Waals surface area contributed by atoms with Gasteiger partial charge in [-0.05, 0) is 55.3 Å². The monoisotopic (exact) mass is 606 g/mol. The Morgan fingerprint density at radius 3 is 2.44 bits per heavy atom. The molecule has 0 aliphatic carbocycles. The highest BCUT2D eigenvalue weighted by molar-refractivity contribution is 6.30. The van der Waals surface area contributed by atoms with Crippen molar-refractivity contribution in [3.63, 3.8) is 0 Å². The molecule has 3 N–H and O–H groups in total. The Hall–Kier alpha value is -4.57. The lowest BCUT2D eigenvalue weighted by atomic mass is 10.0. The van der Waals surface area contributed by atoms with Crippen LogP contribution in [0.3, 0.4) is 0 Å². The van der Waals surface area contributed by atoms with Gasteiger partial charge in [-0.15, -0.1) is 0 Å². The Balaban J connectivity index is 1.51. The average molecular weight is 607 g/mol. The molecule has 43 heavy (non-hydrogen) atoms. The Bertz CT molecular complexity index is 1420. The van der Waals surface area contributed by atoms with Crippen LogP contribution in [0.2, 0.25) is 5.02 Å². The van der Waals surface area contributed by atoms with Crippen LogP contribution in [0.25, 0.3) is 0 Å². The highest BCUT2D eigenvalue weighted by Gasteiger charge is 2.30. The number of carbonyl (C=O) groups is 4. The molecule has 3 aromatic rings. The van der Waals surface area contributed by atoms with Crippen molar-refractivity contribution in [2.75, 3.05) is 26.8 Å². The van der Waals surface area contributed by atoms with E-state index in [9.17, 15) is 19.2 Å². The second-order valence-corrected chi connectivity index (χ2v) is 10.6. The molecule has 226 valence electrons. The van der Waals surface area contributed by atoms with E-state index in [1.165, 1.54) is 0 Å². The third kappa shape index (κ3) is 8.96. The molecule has 4 amide bonds. The highest BCUT2D eigenvalue weighted by atomic mass is 35.5. The van der Waals surface area contributed by atoms with Gasteiger partial charge in [-0.2, -0.15) is 0 Å². The maximum Gasteiger partial charge on any atom is 0.255 e. The predicted octanol–water partition coefficient (Wildman–Crippen LogP) is 2.99. The van der Waals surface area contributed by atoms with E-state index in [-0.39, 0.29) is 43.7 Å². The summed E-state index contributed by atoms with van der Waals surface area (Å²) in [6.07, 6.45) is 0.121. The number of carbonyl (C=O) groups excluding carboxylic acids is 4. The van der Waals surface area contributed by atoms with Gasteiger partial charge in [-0.3, -0.25) is 19.2 Å². The average Bonchev–Trinajstić information content (AvgIpc) is 3.01. The number of nitrogens with zero attached hydrogens (tertiary/aromatic N) is 1. The fourth-order valence-corrected chi connectivity index (χ4v) is 4.76. The number of para-hydroxylation sites is 1. The number of rotatable bonds is 7. The number of benzene rings is 3. The maximum absolute atomic E-state index is 13.4. The molecule has 0 aromatic heterocycles. The number of nitrogens with one attached hydrogen (secondary N) is 3. The molecule has 4 rings (SSSR count). The molecular formula is C32H35ClN4O6. The van der Waals surface area contributed by atoms with Gasteiger partial charge in [0.1, 0.15) is 36.8 Å². The lowest BCUT2D eigenvalue weighted by Gasteiger charge is -2.31. The highest BCUT2D eigenvalue weighted by Crippen LogP contribution is 2.21. The van der Waals surface area contributed by atoms with E-state index >= 15 is 0 Å². The fraction of sp³-hybridized carbons (Fsp3) is 0.312. The standard InChI is InChI=1S/C32H35ClN4O6/c1-21-32(41)37(2)24(18-22-8-4-3-5-9-22)20-43-28-11-7-6-10-26(28)30(39)36-27(19-29(38)35-21)31(40)34-16-17-42-25-14-12-23(33)13-15-25/h3-15,21,24,27H,16-20H2,1-2H3,(H,34,40)(H,35,38)(H,36,39)/t21-,24-,27-/m0/s1. The van der Waals surface area contributed by atoms with Crippen LogP contribution in [0.15, 0.2) is 78.9 Å². The molecule has 0 unspecified atom stereocenters. The molecule has 10 nitrogen and oxygen atoms in total. The van der Waals surface area contributed by atoms with E-state index in [2.05, 4.69) is 16.0 Å². The minimum atomic E-state index is -1.22. The predicted molar refractivity (Wildman–Crippen MR) is 162 cm³/mol. The Morgan fingerprint density at radius 2 is 1.70 bits per heavy atom. The zero-order chi connectivity index (χ0) is 30.8. The lowest BCUT2D eigenvalue weighted by molar-refractivity contribution is -0.137. The Morgan fingerprint density at radius 1 is 1.00 bits per heavy atom. The Labute approximate surface area is 255 Å². The molecule has 11 heteroatoms. The summed E-state index contributed by atoms with van der Waals surface area (Å²) in [5.41, 5.74) is 1.21. The van der Waals surface area contributed by atoms with E-state index in [1.54, 1.807) is 67.4 Å². The summed E-state index contributed by atoms with van der Waals surface area (Å²) in [4.78, 5) is 54.5. The number of halogens is 1. The molecule has 1 aliphatic heterocycles. The van der Waals surface area contributed by atoms with Crippen LogP contribution in [0.4, 0.5) is 0 Å². The van der Waals surface area contributed by atoms with Gasteiger partial charge >= 0.3 is 0 Å². The molecule has 3 atom stereocenters. The van der Waals surface area contributed by atoms with Gasteiger partial charge in [0, 0.05) is 12.1 Å². The zero-order valence-corrected chi connectivity index (χ0v) is 24.8. The third-order valence-corrected chi connectivity index (χ3v) is 7.27. The van der Waals surface area contributed by atoms with Crippen LogP contribution < -0.4 is 25.4 Å². The van der Waals surface area contributed by atoms with Gasteiger partial charge < -0.3 is 30.3 Å². The smallest absolute Gasteiger partial charge is 0.255 e. The minimum absolute atomic E-state index is 0.0969. The van der Waals surface area contributed by atoms with Crippen molar-refractivity contribution < 1.29 is 28.7 Å². The molecule has 0 fully saturated rings. The Kier molecular flexibility index (Phi) is 11.0. The quantitative estimate of drug-likeness (QED) is 0.355. The molecular weight excluding hydrogens is 572 g/mol. The van der Waals surface area contributed by atoms with Gasteiger partial charge in [0.25, 0.3) is 5.91 Å². The molecule has 0 radical (unpaired) electrons. The summed E-state index contributed by atoms with van der Waals surface area (Å²) in [5, 5.41) is 8.61. The normalized spacial score (nSPS) is 19.7. The van der Waals surface area contributed by atoms with E-state index in [1.807, 2.05) is 30.3 Å². The molecule has 1 heterocycles. The van der Waals surface area contributed by atoms with Crippen LogP contribution in [-0.4, -0.2) is 73.5 Å². The van der Waals surface area contributed by atoms with Gasteiger partial charge in [0.2, 0.25) is 17.7 Å². The first-order valence-electron chi connectivity index (χ1n) is 14.0. The summed E-state index contributed by atoms with van der Waals surface area (Å²) in [6.45, 7) is 1.95. The largest absolute Gasteiger partial charge is 0.492 e. The van der Waals surface area contributed by atoms with Gasteiger partial charge in [0.05, 0.1) is 24.6 Å². The van der Waals surface area contributed by atoms with Crippen molar-refractivity contribution in [1.29, 1.82) is 0 Å². The van der Waals surface area contributed by atoms with E-state index in [0.717, 1.165) is 5.56 Å².